The Bertz CT molecular complexity index is 571. The third kappa shape index (κ3) is 6.55. The molecule has 0 aliphatic rings. The van der Waals surface area contributed by atoms with Gasteiger partial charge in [0.15, 0.2) is 0 Å². The van der Waals surface area contributed by atoms with Crippen LogP contribution in [0.25, 0.3) is 0 Å². The number of sulfonamides is 1. The predicted octanol–water partition coefficient (Wildman–Crippen LogP) is 2.22. The van der Waals surface area contributed by atoms with Crippen LogP contribution in [0.4, 0.5) is 5.69 Å². The van der Waals surface area contributed by atoms with Crippen LogP contribution in [0, 0.1) is 16.7 Å². The normalized spacial score (nSPS) is 11.9. The number of nitrogens with zero attached hydrogens (tertiary/aromatic N) is 1. The highest BCUT2D eigenvalue weighted by Gasteiger charge is 2.16. The van der Waals surface area contributed by atoms with E-state index in [0.717, 1.165) is 18.7 Å². The molecule has 0 radical (unpaired) electrons. The van der Waals surface area contributed by atoms with Crippen LogP contribution in [-0.2, 0) is 15.8 Å². The molecule has 110 valence electrons. The van der Waals surface area contributed by atoms with Crippen LogP contribution in [0.3, 0.4) is 0 Å². The average molecular weight is 295 g/mol. The summed E-state index contributed by atoms with van der Waals surface area (Å²) in [6, 6.07) is 9.31. The molecule has 0 saturated heterocycles. The molecule has 0 amide bonds. The van der Waals surface area contributed by atoms with Gasteiger partial charge in [-0.1, -0.05) is 26.0 Å². The van der Waals surface area contributed by atoms with E-state index in [1.807, 2.05) is 12.1 Å². The SMILES string of the molecule is CC(C)(CCC#N)CNc1ccc(CS(N)(=O)=O)cc1. The van der Waals surface area contributed by atoms with Gasteiger partial charge < -0.3 is 5.32 Å². The van der Waals surface area contributed by atoms with Gasteiger partial charge in [-0.25, -0.2) is 13.6 Å². The highest BCUT2D eigenvalue weighted by atomic mass is 32.2. The van der Waals surface area contributed by atoms with E-state index in [1.165, 1.54) is 0 Å². The summed E-state index contributed by atoms with van der Waals surface area (Å²) < 4.78 is 22.0. The molecule has 6 heteroatoms. The minimum absolute atomic E-state index is 0.0367. The van der Waals surface area contributed by atoms with Gasteiger partial charge in [0.2, 0.25) is 10.0 Å². The van der Waals surface area contributed by atoms with E-state index >= 15 is 0 Å². The lowest BCUT2D eigenvalue weighted by Gasteiger charge is -2.24. The van der Waals surface area contributed by atoms with Gasteiger partial charge in [-0.2, -0.15) is 5.26 Å². The summed E-state index contributed by atoms with van der Waals surface area (Å²) in [5.74, 6) is -0.152. The topological polar surface area (TPSA) is 96.0 Å². The van der Waals surface area contributed by atoms with Crippen molar-refractivity contribution in [1.82, 2.24) is 0 Å². The van der Waals surface area contributed by atoms with E-state index in [1.54, 1.807) is 12.1 Å². The Morgan fingerprint density at radius 2 is 1.90 bits per heavy atom. The molecule has 0 unspecified atom stereocenters. The van der Waals surface area contributed by atoms with E-state index in [9.17, 15) is 8.42 Å². The largest absolute Gasteiger partial charge is 0.385 e. The first-order valence-electron chi connectivity index (χ1n) is 6.42. The lowest BCUT2D eigenvalue weighted by Crippen LogP contribution is -2.22. The maximum Gasteiger partial charge on any atom is 0.213 e. The molecule has 0 saturated carbocycles. The third-order valence-electron chi connectivity index (χ3n) is 3.01. The molecule has 0 bridgehead atoms. The summed E-state index contributed by atoms with van der Waals surface area (Å²) in [5, 5.41) is 16.9. The molecule has 0 fully saturated rings. The van der Waals surface area contributed by atoms with Gasteiger partial charge >= 0.3 is 0 Å². The molecule has 0 aromatic heterocycles. The highest BCUT2D eigenvalue weighted by Crippen LogP contribution is 2.23. The minimum atomic E-state index is -3.49. The monoisotopic (exact) mass is 295 g/mol. The smallest absolute Gasteiger partial charge is 0.213 e. The Morgan fingerprint density at radius 3 is 2.40 bits per heavy atom. The van der Waals surface area contributed by atoms with Crippen LogP contribution in [0.2, 0.25) is 0 Å². The van der Waals surface area contributed by atoms with E-state index in [4.69, 9.17) is 10.4 Å². The van der Waals surface area contributed by atoms with Crippen molar-refractivity contribution in [3.63, 3.8) is 0 Å². The Morgan fingerprint density at radius 1 is 1.30 bits per heavy atom. The number of benzene rings is 1. The van der Waals surface area contributed by atoms with Crippen molar-refractivity contribution in [1.29, 1.82) is 5.26 Å². The Balaban J connectivity index is 2.56. The van der Waals surface area contributed by atoms with Gasteiger partial charge in [0.05, 0.1) is 11.8 Å². The van der Waals surface area contributed by atoms with E-state index in [2.05, 4.69) is 25.2 Å². The second kappa shape index (κ2) is 6.73. The van der Waals surface area contributed by atoms with Crippen molar-refractivity contribution in [3.05, 3.63) is 29.8 Å². The maximum absolute atomic E-state index is 11.0. The summed E-state index contributed by atoms with van der Waals surface area (Å²) in [5.41, 5.74) is 1.63. The second-order valence-corrected chi connectivity index (χ2v) is 7.29. The van der Waals surface area contributed by atoms with Gasteiger partial charge in [0.25, 0.3) is 0 Å². The van der Waals surface area contributed by atoms with Gasteiger partial charge in [-0.05, 0) is 29.5 Å². The summed E-state index contributed by atoms with van der Waals surface area (Å²) >= 11 is 0. The van der Waals surface area contributed by atoms with Crippen LogP contribution >= 0.6 is 0 Å². The van der Waals surface area contributed by atoms with Gasteiger partial charge in [0.1, 0.15) is 0 Å². The number of hydrogen-bond acceptors (Lipinski definition) is 4. The zero-order chi connectivity index (χ0) is 15.2. The van der Waals surface area contributed by atoms with Crippen LogP contribution in [0.15, 0.2) is 24.3 Å². The summed E-state index contributed by atoms with van der Waals surface area (Å²) in [6.07, 6.45) is 1.38. The number of nitriles is 1. The van der Waals surface area contributed by atoms with Crippen molar-refractivity contribution < 1.29 is 8.42 Å². The average Bonchev–Trinajstić information content (AvgIpc) is 2.34. The molecule has 20 heavy (non-hydrogen) atoms. The standard InChI is InChI=1S/C14H21N3O2S/c1-14(2,8-3-9-15)11-17-13-6-4-12(5-7-13)10-20(16,18)19/h4-7,17H,3,8,10-11H2,1-2H3,(H2,16,18,19). The van der Waals surface area contributed by atoms with Crippen molar-refractivity contribution >= 4 is 15.7 Å². The van der Waals surface area contributed by atoms with Crippen LogP contribution in [0.5, 0.6) is 0 Å². The van der Waals surface area contributed by atoms with Crippen molar-refractivity contribution in [2.24, 2.45) is 10.6 Å². The third-order valence-corrected chi connectivity index (χ3v) is 3.74. The highest BCUT2D eigenvalue weighted by molar-refractivity contribution is 7.88. The molecule has 1 aromatic rings. The molecular formula is C14H21N3O2S. The number of rotatable bonds is 7. The molecule has 0 aliphatic heterocycles. The summed E-state index contributed by atoms with van der Waals surface area (Å²) in [4.78, 5) is 0. The zero-order valence-electron chi connectivity index (χ0n) is 11.9. The first-order valence-corrected chi connectivity index (χ1v) is 8.14. The van der Waals surface area contributed by atoms with Gasteiger partial charge in [-0.15, -0.1) is 0 Å². The Labute approximate surface area is 120 Å². The Hall–Kier alpha value is -1.58. The molecular weight excluding hydrogens is 274 g/mol. The Kier molecular flexibility index (Phi) is 5.54. The molecule has 1 aromatic carbocycles. The van der Waals surface area contributed by atoms with Crippen LogP contribution < -0.4 is 10.5 Å². The molecule has 1 rings (SSSR count). The molecule has 0 spiro atoms. The number of nitrogens with one attached hydrogen (secondary N) is 1. The number of nitrogens with two attached hydrogens (primary N) is 1. The van der Waals surface area contributed by atoms with Crippen LogP contribution in [-0.4, -0.2) is 15.0 Å². The number of anilines is 1. The molecule has 3 N–H and O–H groups in total. The lowest BCUT2D eigenvalue weighted by molar-refractivity contribution is 0.364. The first-order chi connectivity index (χ1) is 9.22. The fraction of sp³-hybridized carbons (Fsp3) is 0.500. The van der Waals surface area contributed by atoms with Crippen molar-refractivity contribution in [2.45, 2.75) is 32.4 Å². The fourth-order valence-corrected chi connectivity index (χ4v) is 2.43. The minimum Gasteiger partial charge on any atom is -0.385 e. The zero-order valence-corrected chi connectivity index (χ0v) is 12.7. The second-order valence-electron chi connectivity index (χ2n) is 5.68. The lowest BCUT2D eigenvalue weighted by atomic mass is 9.88. The van der Waals surface area contributed by atoms with E-state index in [0.29, 0.717) is 12.0 Å². The molecule has 0 aliphatic carbocycles. The number of hydrogen-bond donors (Lipinski definition) is 2. The fourth-order valence-electron chi connectivity index (χ4n) is 1.78. The summed E-state index contributed by atoms with van der Waals surface area (Å²) in [6.45, 7) is 4.96. The first kappa shape index (κ1) is 16.5. The molecule has 5 nitrogen and oxygen atoms in total. The van der Waals surface area contributed by atoms with Crippen molar-refractivity contribution in [3.8, 4) is 6.07 Å². The molecule has 0 heterocycles. The van der Waals surface area contributed by atoms with Gasteiger partial charge in [0, 0.05) is 18.7 Å². The van der Waals surface area contributed by atoms with Crippen LogP contribution in [0.1, 0.15) is 32.3 Å². The van der Waals surface area contributed by atoms with E-state index < -0.39 is 10.0 Å². The quantitative estimate of drug-likeness (QED) is 0.806. The summed E-state index contributed by atoms with van der Waals surface area (Å²) in [7, 11) is -3.49. The van der Waals surface area contributed by atoms with Crippen molar-refractivity contribution in [2.75, 3.05) is 11.9 Å². The predicted molar refractivity (Wildman–Crippen MR) is 80.4 cm³/mol. The van der Waals surface area contributed by atoms with E-state index in [-0.39, 0.29) is 11.2 Å². The molecule has 0 atom stereocenters. The van der Waals surface area contributed by atoms with Gasteiger partial charge in [-0.3, -0.25) is 0 Å². The number of primary sulfonamides is 1. The maximum atomic E-state index is 11.0.